The van der Waals surface area contributed by atoms with E-state index in [4.69, 9.17) is 33.1 Å². The summed E-state index contributed by atoms with van der Waals surface area (Å²) in [5, 5.41) is 20.9. The van der Waals surface area contributed by atoms with E-state index in [1.807, 2.05) is 19.9 Å². The number of hydrogen-bond donors (Lipinski definition) is 3. The molecule has 7 nitrogen and oxygen atoms in total. The molecule has 1 fully saturated rings. The first-order valence-electron chi connectivity index (χ1n) is 10.4. The second-order valence-corrected chi connectivity index (χ2v) is 9.82. The number of carboxylic acid groups (broad SMARTS) is 2. The zero-order chi connectivity index (χ0) is 26.5. The SMILES string of the molecule is CC(C)N(C(=O)c1ccc(Cl)cc1Cl)c1cc(C2CCNCC2)sc1C(=O)O.O=C(O)C(F)(F)F. The molecule has 0 aliphatic carbocycles. The standard InChI is InChI=1S/C20H22Cl2N2O3S.C2HF3O2/c1-11(2)24(19(25)14-4-3-13(21)9-15(14)22)16-10-17(28-18(16)20(26)27)12-5-7-23-8-6-12;3-2(4,5)1(6)7/h3-4,9-12,23H,5-8H2,1-2H3,(H,26,27);(H,6,7). The quantitative estimate of drug-likeness (QED) is 0.424. The summed E-state index contributed by atoms with van der Waals surface area (Å²) in [6.45, 7) is 5.53. The third-order valence-electron chi connectivity index (χ3n) is 5.07. The van der Waals surface area contributed by atoms with Crippen molar-refractivity contribution in [3.8, 4) is 0 Å². The predicted octanol–water partition coefficient (Wildman–Crippen LogP) is 5.91. The van der Waals surface area contributed by atoms with Gasteiger partial charge in [-0.15, -0.1) is 11.3 Å². The van der Waals surface area contributed by atoms with Gasteiger partial charge in [0.1, 0.15) is 4.88 Å². The number of carboxylic acids is 2. The van der Waals surface area contributed by atoms with Crippen LogP contribution in [0.15, 0.2) is 24.3 Å². The third-order valence-corrected chi connectivity index (χ3v) is 6.89. The summed E-state index contributed by atoms with van der Waals surface area (Å²) in [7, 11) is 0. The number of aliphatic carboxylic acids is 1. The predicted molar refractivity (Wildman–Crippen MR) is 128 cm³/mol. The van der Waals surface area contributed by atoms with Crippen LogP contribution in [0.1, 0.15) is 57.5 Å². The number of benzene rings is 1. The fourth-order valence-electron chi connectivity index (χ4n) is 3.45. The first-order chi connectivity index (χ1) is 16.2. The molecule has 1 aromatic carbocycles. The Morgan fingerprint density at radius 2 is 1.69 bits per heavy atom. The van der Waals surface area contributed by atoms with Crippen molar-refractivity contribution in [3.63, 3.8) is 0 Å². The number of alkyl halides is 3. The van der Waals surface area contributed by atoms with Crippen LogP contribution in [-0.2, 0) is 4.79 Å². The van der Waals surface area contributed by atoms with Crippen molar-refractivity contribution in [1.29, 1.82) is 0 Å². The Balaban J connectivity index is 0.000000540. The Hall–Kier alpha value is -2.34. The molecule has 2 heterocycles. The largest absolute Gasteiger partial charge is 0.490 e. The fraction of sp³-hybridized carbons (Fsp3) is 0.409. The number of nitrogens with one attached hydrogen (secondary N) is 1. The minimum absolute atomic E-state index is 0.181. The van der Waals surface area contributed by atoms with Crippen molar-refractivity contribution in [2.75, 3.05) is 18.0 Å². The van der Waals surface area contributed by atoms with E-state index in [1.165, 1.54) is 22.3 Å². The number of halogens is 5. The van der Waals surface area contributed by atoms with Crippen LogP contribution < -0.4 is 10.2 Å². The van der Waals surface area contributed by atoms with Gasteiger partial charge in [-0.2, -0.15) is 13.2 Å². The van der Waals surface area contributed by atoms with Crippen molar-refractivity contribution in [1.82, 2.24) is 5.32 Å². The summed E-state index contributed by atoms with van der Waals surface area (Å²) in [4.78, 5) is 36.8. The van der Waals surface area contributed by atoms with Gasteiger partial charge in [-0.05, 0) is 70.0 Å². The molecule has 1 amide bonds. The van der Waals surface area contributed by atoms with Gasteiger partial charge in [0.2, 0.25) is 0 Å². The van der Waals surface area contributed by atoms with Crippen LogP contribution in [0, 0.1) is 0 Å². The first kappa shape index (κ1) is 28.9. The first-order valence-corrected chi connectivity index (χ1v) is 12.0. The average Bonchev–Trinajstić information content (AvgIpc) is 3.19. The number of aromatic carboxylic acids is 1. The molecule has 1 saturated heterocycles. The summed E-state index contributed by atoms with van der Waals surface area (Å²) < 4.78 is 31.7. The smallest absolute Gasteiger partial charge is 0.477 e. The number of thiophene rings is 1. The van der Waals surface area contributed by atoms with Gasteiger partial charge < -0.3 is 20.4 Å². The highest BCUT2D eigenvalue weighted by Gasteiger charge is 2.38. The summed E-state index contributed by atoms with van der Waals surface area (Å²) in [5.41, 5.74) is 0.725. The Bertz CT molecular complexity index is 1090. The van der Waals surface area contributed by atoms with Crippen LogP contribution in [-0.4, -0.2) is 53.4 Å². The molecular weight excluding hydrogens is 532 g/mol. The zero-order valence-electron chi connectivity index (χ0n) is 18.7. The summed E-state index contributed by atoms with van der Waals surface area (Å²) in [6.07, 6.45) is -3.17. The second kappa shape index (κ2) is 12.1. The van der Waals surface area contributed by atoms with E-state index in [-0.39, 0.29) is 21.8 Å². The van der Waals surface area contributed by atoms with Crippen LogP contribution in [0.2, 0.25) is 10.0 Å². The van der Waals surface area contributed by atoms with Gasteiger partial charge in [0, 0.05) is 15.9 Å². The van der Waals surface area contributed by atoms with Gasteiger partial charge in [-0.25, -0.2) is 9.59 Å². The molecule has 1 aliphatic rings. The van der Waals surface area contributed by atoms with Gasteiger partial charge in [0.25, 0.3) is 5.91 Å². The third kappa shape index (κ3) is 7.57. The Labute approximate surface area is 213 Å². The molecule has 192 valence electrons. The minimum atomic E-state index is -5.08. The molecule has 2 aromatic rings. The average molecular weight is 555 g/mol. The lowest BCUT2D eigenvalue weighted by atomic mass is 9.96. The highest BCUT2D eigenvalue weighted by Crippen LogP contribution is 2.39. The molecule has 0 spiro atoms. The molecule has 1 aromatic heterocycles. The summed E-state index contributed by atoms with van der Waals surface area (Å²) >= 11 is 13.4. The molecule has 0 atom stereocenters. The topological polar surface area (TPSA) is 107 Å². The molecule has 13 heteroatoms. The number of carbonyl (C=O) groups is 3. The molecule has 3 N–H and O–H groups in total. The Morgan fingerprint density at radius 1 is 1.11 bits per heavy atom. The molecule has 35 heavy (non-hydrogen) atoms. The summed E-state index contributed by atoms with van der Waals surface area (Å²) in [6, 6.07) is 6.31. The molecule has 0 bridgehead atoms. The van der Waals surface area contributed by atoms with Gasteiger partial charge in [0.15, 0.2) is 0 Å². The molecule has 3 rings (SSSR count). The van der Waals surface area contributed by atoms with Crippen molar-refractivity contribution in [2.45, 2.75) is 44.8 Å². The maximum Gasteiger partial charge on any atom is 0.490 e. The van der Waals surface area contributed by atoms with Gasteiger partial charge in [-0.1, -0.05) is 23.2 Å². The van der Waals surface area contributed by atoms with E-state index < -0.39 is 18.1 Å². The maximum atomic E-state index is 13.3. The van der Waals surface area contributed by atoms with Crippen molar-refractivity contribution < 1.29 is 37.8 Å². The van der Waals surface area contributed by atoms with E-state index in [1.54, 1.807) is 12.1 Å². The lowest BCUT2D eigenvalue weighted by molar-refractivity contribution is -0.192. The Morgan fingerprint density at radius 3 is 2.14 bits per heavy atom. The van der Waals surface area contributed by atoms with Gasteiger partial charge in [-0.3, -0.25) is 4.79 Å². The fourth-order valence-corrected chi connectivity index (χ4v) is 5.10. The van der Waals surface area contributed by atoms with E-state index in [2.05, 4.69) is 5.32 Å². The highest BCUT2D eigenvalue weighted by atomic mass is 35.5. The van der Waals surface area contributed by atoms with Crippen molar-refractivity contribution in [3.05, 3.63) is 49.6 Å². The molecular formula is C22H23Cl2F3N2O5S. The number of anilines is 1. The maximum absolute atomic E-state index is 13.3. The van der Waals surface area contributed by atoms with Crippen LogP contribution in [0.25, 0.3) is 0 Å². The minimum Gasteiger partial charge on any atom is -0.477 e. The van der Waals surface area contributed by atoms with Crippen LogP contribution >= 0.6 is 34.5 Å². The van der Waals surface area contributed by atoms with Crippen molar-refractivity contribution in [2.24, 2.45) is 0 Å². The van der Waals surface area contributed by atoms with Crippen LogP contribution in [0.5, 0.6) is 0 Å². The van der Waals surface area contributed by atoms with E-state index in [0.717, 1.165) is 30.8 Å². The number of nitrogens with zero attached hydrogens (tertiary/aromatic N) is 1. The normalized spacial score (nSPS) is 14.3. The molecule has 0 saturated carbocycles. The molecule has 0 unspecified atom stereocenters. The van der Waals surface area contributed by atoms with E-state index in [9.17, 15) is 27.9 Å². The van der Waals surface area contributed by atoms with Crippen LogP contribution in [0.4, 0.5) is 18.9 Å². The summed E-state index contributed by atoms with van der Waals surface area (Å²) in [5.74, 6) is -3.82. The zero-order valence-corrected chi connectivity index (χ0v) is 21.0. The number of rotatable bonds is 5. The van der Waals surface area contributed by atoms with E-state index >= 15 is 0 Å². The molecule has 0 radical (unpaired) electrons. The number of hydrogen-bond acceptors (Lipinski definition) is 5. The van der Waals surface area contributed by atoms with Gasteiger partial charge in [0.05, 0.1) is 16.3 Å². The lowest BCUT2D eigenvalue weighted by Gasteiger charge is -2.27. The number of carbonyl (C=O) groups excluding carboxylic acids is 1. The van der Waals surface area contributed by atoms with Crippen molar-refractivity contribution >= 4 is 58.1 Å². The van der Waals surface area contributed by atoms with Gasteiger partial charge >= 0.3 is 18.1 Å². The second-order valence-electron chi connectivity index (χ2n) is 7.89. The number of amides is 1. The molecule has 1 aliphatic heterocycles. The highest BCUT2D eigenvalue weighted by molar-refractivity contribution is 7.14. The van der Waals surface area contributed by atoms with Crippen LogP contribution in [0.3, 0.4) is 0 Å². The lowest BCUT2D eigenvalue weighted by Crippen LogP contribution is -2.37. The monoisotopic (exact) mass is 554 g/mol. The van der Waals surface area contributed by atoms with E-state index in [0.29, 0.717) is 22.2 Å². The Kier molecular flexibility index (Phi) is 9.96. The number of piperidine rings is 1.